The first kappa shape index (κ1) is 35.1. The Morgan fingerprint density at radius 1 is 0.745 bits per heavy atom. The predicted octanol–water partition coefficient (Wildman–Crippen LogP) is 10.5. The normalized spacial score (nSPS) is 14.4. The smallest absolute Gasteiger partial charge is 0.270 e. The van der Waals surface area contributed by atoms with Crippen molar-refractivity contribution >= 4 is 78.3 Å². The molecule has 0 radical (unpaired) electrons. The summed E-state index contributed by atoms with van der Waals surface area (Å²) in [5, 5.41) is 13.1. The first-order chi connectivity index (χ1) is 22.6. The number of aliphatic hydroxyl groups excluding tert-OH is 1. The van der Waals surface area contributed by atoms with Crippen molar-refractivity contribution in [2.45, 2.75) is 29.2 Å². The summed E-state index contributed by atoms with van der Waals surface area (Å²) in [5.74, 6) is 1.52. The highest BCUT2D eigenvalue weighted by Gasteiger charge is 2.34. The Kier molecular flexibility index (Phi) is 12.1. The summed E-state index contributed by atoms with van der Waals surface area (Å²) in [7, 11) is 0. The molecule has 2 N–H and O–H groups in total. The van der Waals surface area contributed by atoms with Gasteiger partial charge in [0.25, 0.3) is 5.91 Å². The van der Waals surface area contributed by atoms with Gasteiger partial charge in [0.05, 0.1) is 5.69 Å². The molecule has 6 nitrogen and oxygen atoms in total. The average molecular weight is 821 g/mol. The quantitative estimate of drug-likeness (QED) is 0.153. The second-order valence-electron chi connectivity index (χ2n) is 10.3. The minimum absolute atomic E-state index is 0.216. The molecule has 0 bridgehead atoms. The number of carbonyl (C=O) groups excluding carboxylic acids is 1. The molecule has 1 aliphatic heterocycles. The molecule has 0 aromatic heterocycles. The molecule has 242 valence electrons. The van der Waals surface area contributed by atoms with Gasteiger partial charge in [-0.3, -0.25) is 4.79 Å². The van der Waals surface area contributed by atoms with Crippen molar-refractivity contribution in [1.29, 1.82) is 0 Å². The standard InChI is InChI=1S/C21H16BrNO3.C15H12BrCl3O2/c22-15-10-11-18(25-13-14-6-2-1-3-7-14)16(12-15)20-21(24)23-17-8-4-5-9-19(17)26-20;16-11-6-7-13(12(8-11)14(20)15(17,18)19)21-9-10-4-2-1-3-5-10/h1-12,20H,13H2,(H,23,24);1-8,14,20H,9H2. The van der Waals surface area contributed by atoms with E-state index in [9.17, 15) is 9.90 Å². The highest BCUT2D eigenvalue weighted by molar-refractivity contribution is 9.10. The third-order valence-electron chi connectivity index (χ3n) is 6.93. The number of rotatable bonds is 8. The Morgan fingerprint density at radius 3 is 1.89 bits per heavy atom. The van der Waals surface area contributed by atoms with E-state index in [0.29, 0.717) is 47.3 Å². The Hall–Kier alpha value is -3.24. The van der Waals surface area contributed by atoms with E-state index < -0.39 is 16.0 Å². The topological polar surface area (TPSA) is 77.0 Å². The number of nitrogens with one attached hydrogen (secondary N) is 1. The number of hydrogen-bond donors (Lipinski definition) is 2. The van der Waals surface area contributed by atoms with E-state index in [-0.39, 0.29) is 5.91 Å². The van der Waals surface area contributed by atoms with Crippen LogP contribution in [0.25, 0.3) is 0 Å². The molecule has 2 unspecified atom stereocenters. The molecule has 11 heteroatoms. The van der Waals surface area contributed by atoms with Gasteiger partial charge in [-0.15, -0.1) is 0 Å². The van der Waals surface area contributed by atoms with Crippen molar-refractivity contribution in [1.82, 2.24) is 0 Å². The summed E-state index contributed by atoms with van der Waals surface area (Å²) in [6, 6.07) is 37.8. The van der Waals surface area contributed by atoms with Crippen LogP contribution in [-0.4, -0.2) is 14.8 Å². The fraction of sp³-hybridized carbons (Fsp3) is 0.139. The maximum absolute atomic E-state index is 12.6. The van der Waals surface area contributed by atoms with Gasteiger partial charge in [0.15, 0.2) is 0 Å². The number of fused-ring (bicyclic) bond motifs is 1. The molecular weight excluding hydrogens is 793 g/mol. The number of carbonyl (C=O) groups is 1. The number of anilines is 1. The van der Waals surface area contributed by atoms with Gasteiger partial charge in [-0.2, -0.15) is 0 Å². The summed E-state index contributed by atoms with van der Waals surface area (Å²) >= 11 is 24.1. The molecule has 1 heterocycles. The minimum atomic E-state index is -1.83. The molecule has 0 fully saturated rings. The average Bonchev–Trinajstić information content (AvgIpc) is 3.07. The molecule has 1 amide bonds. The Bertz CT molecular complexity index is 1810. The lowest BCUT2D eigenvalue weighted by Gasteiger charge is -2.27. The van der Waals surface area contributed by atoms with Crippen molar-refractivity contribution in [2.24, 2.45) is 0 Å². The number of para-hydroxylation sites is 2. The summed E-state index contributed by atoms with van der Waals surface area (Å²) in [6.45, 7) is 0.780. The molecule has 5 aromatic carbocycles. The number of benzene rings is 5. The lowest BCUT2D eigenvalue weighted by Crippen LogP contribution is -2.30. The van der Waals surface area contributed by atoms with Crippen LogP contribution in [0.3, 0.4) is 0 Å². The Morgan fingerprint density at radius 2 is 1.28 bits per heavy atom. The predicted molar refractivity (Wildman–Crippen MR) is 194 cm³/mol. The highest BCUT2D eigenvalue weighted by atomic mass is 79.9. The van der Waals surface area contributed by atoms with Crippen LogP contribution in [0.4, 0.5) is 5.69 Å². The second-order valence-corrected chi connectivity index (χ2v) is 14.5. The summed E-state index contributed by atoms with van der Waals surface area (Å²) in [6.07, 6.45) is -2.06. The Balaban J connectivity index is 0.000000189. The van der Waals surface area contributed by atoms with E-state index in [0.717, 1.165) is 20.1 Å². The largest absolute Gasteiger partial charge is 0.489 e. The molecule has 2 atom stereocenters. The number of alkyl halides is 3. The number of ether oxygens (including phenoxy) is 3. The molecule has 6 rings (SSSR count). The first-order valence-corrected chi connectivity index (χ1v) is 17.0. The lowest BCUT2D eigenvalue weighted by atomic mass is 10.1. The molecular formula is C36H28Br2Cl3NO5. The summed E-state index contributed by atoms with van der Waals surface area (Å²) in [5.41, 5.74) is 3.84. The van der Waals surface area contributed by atoms with Crippen LogP contribution >= 0.6 is 66.7 Å². The van der Waals surface area contributed by atoms with Crippen LogP contribution in [-0.2, 0) is 18.0 Å². The SMILES string of the molecule is O=C1Nc2ccccc2OC1c1cc(Br)ccc1OCc1ccccc1.OC(c1cc(Br)ccc1OCc1ccccc1)C(Cl)(Cl)Cl. The van der Waals surface area contributed by atoms with Gasteiger partial charge in [-0.1, -0.05) is 139 Å². The number of hydrogen-bond acceptors (Lipinski definition) is 5. The van der Waals surface area contributed by atoms with E-state index in [1.165, 1.54) is 0 Å². The van der Waals surface area contributed by atoms with Crippen LogP contribution in [0.15, 0.2) is 130 Å². The van der Waals surface area contributed by atoms with Crippen molar-refractivity contribution in [3.8, 4) is 17.2 Å². The Labute approximate surface area is 304 Å². The fourth-order valence-corrected chi connectivity index (χ4v) is 5.73. The van der Waals surface area contributed by atoms with Crippen LogP contribution in [0.1, 0.15) is 34.5 Å². The van der Waals surface area contributed by atoms with Crippen LogP contribution in [0, 0.1) is 0 Å². The summed E-state index contributed by atoms with van der Waals surface area (Å²) < 4.78 is 17.5. The van der Waals surface area contributed by atoms with E-state index in [2.05, 4.69) is 37.2 Å². The van der Waals surface area contributed by atoms with E-state index in [4.69, 9.17) is 49.0 Å². The van der Waals surface area contributed by atoms with Gasteiger partial charge >= 0.3 is 0 Å². The zero-order valence-corrected chi connectivity index (χ0v) is 30.0. The zero-order chi connectivity index (χ0) is 33.4. The van der Waals surface area contributed by atoms with Crippen molar-refractivity contribution in [3.63, 3.8) is 0 Å². The van der Waals surface area contributed by atoms with Gasteiger partial charge in [0, 0.05) is 20.1 Å². The lowest BCUT2D eigenvalue weighted by molar-refractivity contribution is -0.123. The highest BCUT2D eigenvalue weighted by Crippen LogP contribution is 2.43. The minimum Gasteiger partial charge on any atom is -0.489 e. The molecule has 0 spiro atoms. The van der Waals surface area contributed by atoms with Gasteiger partial charge in [0.2, 0.25) is 9.90 Å². The van der Waals surface area contributed by atoms with Crippen molar-refractivity contribution in [2.75, 3.05) is 5.32 Å². The van der Waals surface area contributed by atoms with Crippen LogP contribution in [0.2, 0.25) is 0 Å². The number of amides is 1. The van der Waals surface area contributed by atoms with Crippen LogP contribution in [0.5, 0.6) is 17.2 Å². The zero-order valence-electron chi connectivity index (χ0n) is 24.6. The first-order valence-electron chi connectivity index (χ1n) is 14.3. The maximum Gasteiger partial charge on any atom is 0.270 e. The van der Waals surface area contributed by atoms with Gasteiger partial charge in [0.1, 0.15) is 36.6 Å². The monoisotopic (exact) mass is 817 g/mol. The van der Waals surface area contributed by atoms with E-state index >= 15 is 0 Å². The molecule has 47 heavy (non-hydrogen) atoms. The molecule has 0 aliphatic carbocycles. The number of aliphatic hydroxyl groups is 1. The number of halogens is 5. The van der Waals surface area contributed by atoms with Crippen LogP contribution < -0.4 is 19.5 Å². The van der Waals surface area contributed by atoms with E-state index in [1.54, 1.807) is 18.2 Å². The van der Waals surface area contributed by atoms with Crippen molar-refractivity contribution < 1.29 is 24.1 Å². The van der Waals surface area contributed by atoms with Gasteiger partial charge < -0.3 is 24.6 Å². The maximum atomic E-state index is 12.6. The second kappa shape index (κ2) is 16.2. The third-order valence-corrected chi connectivity index (χ3v) is 8.54. The summed E-state index contributed by atoms with van der Waals surface area (Å²) in [4.78, 5) is 12.6. The fourth-order valence-electron chi connectivity index (χ4n) is 4.62. The van der Waals surface area contributed by atoms with Crippen molar-refractivity contribution in [3.05, 3.63) is 153 Å². The third kappa shape index (κ3) is 9.66. The van der Waals surface area contributed by atoms with Gasteiger partial charge in [-0.05, 0) is 59.7 Å². The van der Waals surface area contributed by atoms with E-state index in [1.807, 2.05) is 103 Å². The molecule has 0 saturated heterocycles. The molecule has 5 aromatic rings. The van der Waals surface area contributed by atoms with Gasteiger partial charge in [-0.25, -0.2) is 0 Å². The molecule has 0 saturated carbocycles. The molecule has 1 aliphatic rings.